The number of thioether (sulfide) groups is 1. The lowest BCUT2D eigenvalue weighted by Gasteiger charge is -2.19. The highest BCUT2D eigenvalue weighted by Gasteiger charge is 2.26. The molecule has 0 saturated carbocycles. The molecule has 0 saturated heterocycles. The monoisotopic (exact) mass is 299 g/mol. The van der Waals surface area contributed by atoms with E-state index in [9.17, 15) is 5.11 Å². The SMILES string of the molecule is CCNC(=NCC(C)(O)c1ccc(C)o1)NCCSC. The number of guanidine groups is 1. The molecular weight excluding hydrogens is 274 g/mol. The van der Waals surface area contributed by atoms with Gasteiger partial charge >= 0.3 is 0 Å². The second kappa shape index (κ2) is 8.21. The fourth-order valence-electron chi connectivity index (χ4n) is 1.65. The van der Waals surface area contributed by atoms with Crippen molar-refractivity contribution in [3.63, 3.8) is 0 Å². The van der Waals surface area contributed by atoms with E-state index < -0.39 is 5.60 Å². The molecule has 1 atom stereocenters. The number of nitrogens with zero attached hydrogens (tertiary/aromatic N) is 1. The van der Waals surface area contributed by atoms with Gasteiger partial charge in [-0.15, -0.1) is 0 Å². The van der Waals surface area contributed by atoms with Gasteiger partial charge < -0.3 is 20.2 Å². The van der Waals surface area contributed by atoms with E-state index in [1.165, 1.54) is 0 Å². The van der Waals surface area contributed by atoms with Gasteiger partial charge in [0.15, 0.2) is 5.96 Å². The van der Waals surface area contributed by atoms with Gasteiger partial charge in [-0.05, 0) is 39.2 Å². The Kier molecular flexibility index (Phi) is 6.95. The summed E-state index contributed by atoms with van der Waals surface area (Å²) in [5, 5.41) is 16.8. The van der Waals surface area contributed by atoms with Crippen molar-refractivity contribution in [3.8, 4) is 0 Å². The molecule has 0 aliphatic heterocycles. The maximum absolute atomic E-state index is 10.4. The van der Waals surface area contributed by atoms with Crippen LogP contribution < -0.4 is 10.6 Å². The van der Waals surface area contributed by atoms with Crippen molar-refractivity contribution >= 4 is 17.7 Å². The number of rotatable bonds is 7. The van der Waals surface area contributed by atoms with Gasteiger partial charge in [-0.2, -0.15) is 11.8 Å². The minimum absolute atomic E-state index is 0.245. The first-order valence-electron chi connectivity index (χ1n) is 6.80. The zero-order chi connectivity index (χ0) is 15.0. The van der Waals surface area contributed by atoms with Gasteiger partial charge in [-0.1, -0.05) is 0 Å². The number of hydrogen-bond donors (Lipinski definition) is 3. The summed E-state index contributed by atoms with van der Waals surface area (Å²) in [7, 11) is 0. The van der Waals surface area contributed by atoms with Crippen molar-refractivity contribution in [3.05, 3.63) is 23.7 Å². The number of aryl methyl sites for hydroxylation is 1. The molecule has 0 bridgehead atoms. The smallest absolute Gasteiger partial charge is 0.191 e. The van der Waals surface area contributed by atoms with Gasteiger partial charge in [0, 0.05) is 18.8 Å². The van der Waals surface area contributed by atoms with Crippen LogP contribution in [0.2, 0.25) is 0 Å². The lowest BCUT2D eigenvalue weighted by molar-refractivity contribution is 0.0428. The van der Waals surface area contributed by atoms with E-state index in [0.717, 1.165) is 24.6 Å². The fourth-order valence-corrected chi connectivity index (χ4v) is 1.95. The van der Waals surface area contributed by atoms with Crippen molar-refractivity contribution in [2.75, 3.05) is 31.6 Å². The lowest BCUT2D eigenvalue weighted by Crippen LogP contribution is -2.39. The van der Waals surface area contributed by atoms with Crippen LogP contribution in [-0.4, -0.2) is 42.7 Å². The number of nitrogens with one attached hydrogen (secondary N) is 2. The van der Waals surface area contributed by atoms with Crippen molar-refractivity contribution in [1.29, 1.82) is 0 Å². The molecule has 0 aromatic carbocycles. The van der Waals surface area contributed by atoms with Crippen molar-refractivity contribution in [2.24, 2.45) is 4.99 Å². The molecule has 0 fully saturated rings. The average Bonchev–Trinajstić information content (AvgIpc) is 2.84. The highest BCUT2D eigenvalue weighted by molar-refractivity contribution is 7.98. The van der Waals surface area contributed by atoms with E-state index in [2.05, 4.69) is 21.9 Å². The summed E-state index contributed by atoms with van der Waals surface area (Å²) in [5.41, 5.74) is -1.10. The van der Waals surface area contributed by atoms with Gasteiger partial charge in [0.25, 0.3) is 0 Å². The Labute approximate surface area is 125 Å². The normalized spacial score (nSPS) is 14.9. The van der Waals surface area contributed by atoms with Gasteiger partial charge in [0.2, 0.25) is 0 Å². The van der Waals surface area contributed by atoms with Crippen molar-refractivity contribution < 1.29 is 9.52 Å². The highest BCUT2D eigenvalue weighted by Crippen LogP contribution is 2.22. The zero-order valence-electron chi connectivity index (χ0n) is 12.7. The highest BCUT2D eigenvalue weighted by atomic mass is 32.2. The molecule has 0 spiro atoms. The van der Waals surface area contributed by atoms with Crippen molar-refractivity contribution in [2.45, 2.75) is 26.4 Å². The molecule has 1 unspecified atom stereocenters. The van der Waals surface area contributed by atoms with Crippen LogP contribution in [0.4, 0.5) is 0 Å². The second-order valence-electron chi connectivity index (χ2n) is 4.80. The molecule has 1 aromatic rings. The van der Waals surface area contributed by atoms with E-state index in [-0.39, 0.29) is 6.54 Å². The number of furan rings is 1. The summed E-state index contributed by atoms with van der Waals surface area (Å²) in [6.07, 6.45) is 2.07. The lowest BCUT2D eigenvalue weighted by atomic mass is 10.0. The molecule has 3 N–H and O–H groups in total. The minimum Gasteiger partial charge on any atom is -0.463 e. The van der Waals surface area contributed by atoms with E-state index >= 15 is 0 Å². The fraction of sp³-hybridized carbons (Fsp3) is 0.643. The molecule has 1 rings (SSSR count). The van der Waals surface area contributed by atoms with Crippen LogP contribution in [0.3, 0.4) is 0 Å². The third kappa shape index (κ3) is 5.46. The first-order valence-corrected chi connectivity index (χ1v) is 8.19. The summed E-state index contributed by atoms with van der Waals surface area (Å²) >= 11 is 1.78. The molecule has 0 radical (unpaired) electrons. The minimum atomic E-state index is -1.10. The van der Waals surface area contributed by atoms with E-state index in [0.29, 0.717) is 11.7 Å². The second-order valence-corrected chi connectivity index (χ2v) is 5.78. The van der Waals surface area contributed by atoms with Gasteiger partial charge in [-0.3, -0.25) is 0 Å². The third-order valence-corrected chi connectivity index (χ3v) is 3.37. The van der Waals surface area contributed by atoms with Crippen LogP contribution in [0, 0.1) is 6.92 Å². The molecule has 0 aliphatic carbocycles. The maximum Gasteiger partial charge on any atom is 0.191 e. The quantitative estimate of drug-likeness (QED) is 0.406. The molecule has 6 heteroatoms. The molecule has 0 aliphatic rings. The summed E-state index contributed by atoms with van der Waals surface area (Å²) in [5.74, 6) is 3.05. The molecule has 0 amide bonds. The van der Waals surface area contributed by atoms with Crippen LogP contribution in [0.1, 0.15) is 25.4 Å². The molecule has 20 heavy (non-hydrogen) atoms. The molecule has 1 aromatic heterocycles. The Morgan fingerprint density at radius 1 is 1.45 bits per heavy atom. The molecule has 114 valence electrons. The van der Waals surface area contributed by atoms with E-state index in [4.69, 9.17) is 4.42 Å². The van der Waals surface area contributed by atoms with Gasteiger partial charge in [0.1, 0.15) is 17.1 Å². The number of aliphatic imine (C=N–C) groups is 1. The zero-order valence-corrected chi connectivity index (χ0v) is 13.5. The predicted octanol–water partition coefficient (Wildman–Crippen LogP) is 1.71. The van der Waals surface area contributed by atoms with Crippen molar-refractivity contribution in [1.82, 2.24) is 10.6 Å². The van der Waals surface area contributed by atoms with E-state index in [1.54, 1.807) is 24.8 Å². The Morgan fingerprint density at radius 2 is 2.20 bits per heavy atom. The van der Waals surface area contributed by atoms with Gasteiger partial charge in [0.05, 0.1) is 6.54 Å². The Balaban J connectivity index is 2.64. The third-order valence-electron chi connectivity index (χ3n) is 2.76. The van der Waals surface area contributed by atoms with Crippen LogP contribution in [0.15, 0.2) is 21.5 Å². The topological polar surface area (TPSA) is 69.8 Å². The molecular formula is C14H25N3O2S. The Morgan fingerprint density at radius 3 is 2.75 bits per heavy atom. The Bertz CT molecular complexity index is 430. The average molecular weight is 299 g/mol. The van der Waals surface area contributed by atoms with Gasteiger partial charge in [-0.25, -0.2) is 4.99 Å². The first-order chi connectivity index (χ1) is 9.49. The summed E-state index contributed by atoms with van der Waals surface area (Å²) in [6.45, 7) is 7.45. The summed E-state index contributed by atoms with van der Waals surface area (Å²) in [6, 6.07) is 3.63. The molecule has 5 nitrogen and oxygen atoms in total. The van der Waals surface area contributed by atoms with Crippen LogP contribution in [0.5, 0.6) is 0 Å². The van der Waals surface area contributed by atoms with Crippen LogP contribution in [-0.2, 0) is 5.60 Å². The van der Waals surface area contributed by atoms with E-state index in [1.807, 2.05) is 19.9 Å². The number of aliphatic hydroxyl groups is 1. The summed E-state index contributed by atoms with van der Waals surface area (Å²) < 4.78 is 5.48. The predicted molar refractivity (Wildman–Crippen MR) is 85.4 cm³/mol. The Hall–Kier alpha value is -1.14. The van der Waals surface area contributed by atoms with Crippen LogP contribution in [0.25, 0.3) is 0 Å². The number of hydrogen-bond acceptors (Lipinski definition) is 4. The maximum atomic E-state index is 10.4. The largest absolute Gasteiger partial charge is 0.463 e. The summed E-state index contributed by atoms with van der Waals surface area (Å²) in [4.78, 5) is 4.42. The standard InChI is InChI=1S/C14H25N3O2S/c1-5-15-13(16-8-9-20-4)17-10-14(3,18)12-7-6-11(2)19-12/h6-7,18H,5,8-10H2,1-4H3,(H2,15,16,17). The molecule has 1 heterocycles. The van der Waals surface area contributed by atoms with Crippen LogP contribution >= 0.6 is 11.8 Å². The first kappa shape index (κ1) is 16.9.